The van der Waals surface area contributed by atoms with Crippen LogP contribution < -0.4 is 9.64 Å². The highest BCUT2D eigenvalue weighted by Crippen LogP contribution is 2.26. The zero-order chi connectivity index (χ0) is 23.4. The second-order valence-electron chi connectivity index (χ2n) is 8.19. The van der Waals surface area contributed by atoms with Gasteiger partial charge in [0, 0.05) is 49.4 Å². The molecule has 2 heterocycles. The Labute approximate surface area is 194 Å². The lowest BCUT2D eigenvalue weighted by Crippen LogP contribution is -2.49. The minimum atomic E-state index is -0.245. The number of rotatable bonds is 6. The smallest absolute Gasteiger partial charge is 0.253 e. The van der Waals surface area contributed by atoms with Crippen molar-refractivity contribution in [2.45, 2.75) is 26.7 Å². The van der Waals surface area contributed by atoms with E-state index in [2.05, 4.69) is 16.8 Å². The summed E-state index contributed by atoms with van der Waals surface area (Å²) in [5.74, 6) is 2.12. The van der Waals surface area contributed by atoms with Gasteiger partial charge in [0.1, 0.15) is 23.2 Å². The summed E-state index contributed by atoms with van der Waals surface area (Å²) in [7, 11) is 1.61. The van der Waals surface area contributed by atoms with Gasteiger partial charge in [-0.1, -0.05) is 19.1 Å². The van der Waals surface area contributed by atoms with Crippen LogP contribution in [0.15, 0.2) is 48.5 Å². The average molecular weight is 449 g/mol. The van der Waals surface area contributed by atoms with Crippen molar-refractivity contribution in [2.75, 3.05) is 38.2 Å². The van der Waals surface area contributed by atoms with E-state index in [4.69, 9.17) is 9.72 Å². The summed E-state index contributed by atoms with van der Waals surface area (Å²) in [6.07, 6.45) is 1.35. The summed E-state index contributed by atoms with van der Waals surface area (Å²) in [5, 5.41) is 0. The van der Waals surface area contributed by atoms with Gasteiger partial charge in [-0.2, -0.15) is 0 Å². The number of halogens is 1. The van der Waals surface area contributed by atoms with Gasteiger partial charge in [0.15, 0.2) is 0 Å². The number of anilines is 1. The molecule has 0 atom stereocenters. The molecule has 0 spiro atoms. The molecule has 7 heteroatoms. The molecule has 0 unspecified atom stereocenters. The Hall–Kier alpha value is -3.48. The van der Waals surface area contributed by atoms with Gasteiger partial charge in [0.05, 0.1) is 7.11 Å². The van der Waals surface area contributed by atoms with Gasteiger partial charge in [0.2, 0.25) is 0 Å². The molecule has 0 radical (unpaired) electrons. The van der Waals surface area contributed by atoms with Crippen LogP contribution in [0.4, 0.5) is 10.2 Å². The van der Waals surface area contributed by atoms with Crippen LogP contribution in [0.25, 0.3) is 0 Å². The number of carbonyl (C=O) groups is 1. The standard InChI is InChI=1S/C26H29FN4O2/c1-4-24-23(17-19-6-5-7-21(27)16-19)25(29-18(2)28-24)30-12-14-31(15-13-30)26(32)20-8-10-22(33-3)11-9-20/h5-11,16H,4,12-15,17H2,1-3H3. The summed E-state index contributed by atoms with van der Waals surface area (Å²) in [6, 6.07) is 13.9. The molecule has 33 heavy (non-hydrogen) atoms. The van der Waals surface area contributed by atoms with Gasteiger partial charge >= 0.3 is 0 Å². The number of aryl methyl sites for hydroxylation is 2. The third-order valence-electron chi connectivity index (χ3n) is 5.99. The molecule has 0 saturated carbocycles. The molecule has 1 aromatic heterocycles. The van der Waals surface area contributed by atoms with Gasteiger partial charge in [-0.05, 0) is 55.3 Å². The summed E-state index contributed by atoms with van der Waals surface area (Å²) < 4.78 is 19.0. The fourth-order valence-electron chi connectivity index (χ4n) is 4.26. The van der Waals surface area contributed by atoms with Gasteiger partial charge in [-0.3, -0.25) is 4.79 Å². The van der Waals surface area contributed by atoms with Crippen LogP contribution in [0.5, 0.6) is 5.75 Å². The quantitative estimate of drug-likeness (QED) is 0.570. The summed E-state index contributed by atoms with van der Waals surface area (Å²) in [5.41, 5.74) is 3.57. The number of methoxy groups -OCH3 is 1. The summed E-state index contributed by atoms with van der Waals surface area (Å²) in [4.78, 5) is 26.5. The Balaban J connectivity index is 1.53. The number of ether oxygens (including phenoxy) is 1. The highest BCUT2D eigenvalue weighted by Gasteiger charge is 2.26. The van der Waals surface area contributed by atoms with Gasteiger partial charge < -0.3 is 14.5 Å². The van der Waals surface area contributed by atoms with Crippen LogP contribution in [-0.2, 0) is 12.8 Å². The lowest BCUT2D eigenvalue weighted by Gasteiger charge is -2.36. The van der Waals surface area contributed by atoms with E-state index in [9.17, 15) is 9.18 Å². The fourth-order valence-corrected chi connectivity index (χ4v) is 4.26. The first-order valence-corrected chi connectivity index (χ1v) is 11.3. The maximum atomic E-state index is 13.8. The van der Waals surface area contributed by atoms with E-state index >= 15 is 0 Å². The molecule has 0 N–H and O–H groups in total. The Kier molecular flexibility index (Phi) is 6.87. The molecule has 4 rings (SSSR count). The number of hydrogen-bond acceptors (Lipinski definition) is 5. The zero-order valence-electron chi connectivity index (χ0n) is 19.3. The Morgan fingerprint density at radius 3 is 2.42 bits per heavy atom. The average Bonchev–Trinajstić information content (AvgIpc) is 2.84. The monoisotopic (exact) mass is 448 g/mol. The zero-order valence-corrected chi connectivity index (χ0v) is 19.3. The number of benzene rings is 2. The van der Waals surface area contributed by atoms with Gasteiger partial charge in [0.25, 0.3) is 5.91 Å². The molecule has 1 amide bonds. The van der Waals surface area contributed by atoms with Crippen molar-refractivity contribution in [3.05, 3.63) is 82.6 Å². The molecule has 1 aliphatic heterocycles. The molecule has 0 bridgehead atoms. The first-order valence-electron chi connectivity index (χ1n) is 11.3. The van der Waals surface area contributed by atoms with Crippen LogP contribution in [0.2, 0.25) is 0 Å². The van der Waals surface area contributed by atoms with Crippen molar-refractivity contribution >= 4 is 11.7 Å². The molecule has 172 valence electrons. The van der Waals surface area contributed by atoms with E-state index in [1.165, 1.54) is 6.07 Å². The molecule has 1 aliphatic rings. The Morgan fingerprint density at radius 2 is 1.79 bits per heavy atom. The lowest BCUT2D eigenvalue weighted by atomic mass is 10.0. The number of carbonyl (C=O) groups excluding carboxylic acids is 1. The van der Waals surface area contributed by atoms with E-state index in [0.717, 1.165) is 40.6 Å². The minimum absolute atomic E-state index is 0.0189. The predicted molar refractivity (Wildman–Crippen MR) is 126 cm³/mol. The van der Waals surface area contributed by atoms with Crippen LogP contribution in [0.1, 0.15) is 39.9 Å². The summed E-state index contributed by atoms with van der Waals surface area (Å²) >= 11 is 0. The van der Waals surface area contributed by atoms with Crippen molar-refractivity contribution in [3.8, 4) is 5.75 Å². The van der Waals surface area contributed by atoms with Crippen molar-refractivity contribution in [1.82, 2.24) is 14.9 Å². The molecule has 2 aromatic carbocycles. The van der Waals surface area contributed by atoms with Crippen molar-refractivity contribution in [1.29, 1.82) is 0 Å². The molecular weight excluding hydrogens is 419 g/mol. The third kappa shape index (κ3) is 5.13. The van der Waals surface area contributed by atoms with Crippen LogP contribution in [-0.4, -0.2) is 54.1 Å². The number of piperazine rings is 1. The molecule has 0 aliphatic carbocycles. The third-order valence-corrected chi connectivity index (χ3v) is 5.99. The first-order chi connectivity index (χ1) is 16.0. The number of aromatic nitrogens is 2. The van der Waals surface area contributed by atoms with Gasteiger partial charge in [-0.15, -0.1) is 0 Å². The first kappa shape index (κ1) is 22.7. The molecule has 3 aromatic rings. The topological polar surface area (TPSA) is 58.6 Å². The van der Waals surface area contributed by atoms with E-state index in [1.54, 1.807) is 43.5 Å². The molecule has 6 nitrogen and oxygen atoms in total. The molecular formula is C26H29FN4O2. The van der Waals surface area contributed by atoms with Crippen molar-refractivity contribution < 1.29 is 13.9 Å². The van der Waals surface area contributed by atoms with E-state index in [-0.39, 0.29) is 11.7 Å². The number of hydrogen-bond donors (Lipinski definition) is 0. The van der Waals surface area contributed by atoms with E-state index in [0.29, 0.717) is 38.2 Å². The van der Waals surface area contributed by atoms with Gasteiger partial charge in [-0.25, -0.2) is 14.4 Å². The van der Waals surface area contributed by atoms with Crippen molar-refractivity contribution in [2.24, 2.45) is 0 Å². The van der Waals surface area contributed by atoms with E-state index in [1.807, 2.05) is 17.9 Å². The maximum absolute atomic E-state index is 13.8. The minimum Gasteiger partial charge on any atom is -0.497 e. The second-order valence-corrected chi connectivity index (χ2v) is 8.19. The molecule has 1 fully saturated rings. The Bertz CT molecular complexity index is 1130. The highest BCUT2D eigenvalue weighted by molar-refractivity contribution is 5.94. The van der Waals surface area contributed by atoms with Crippen LogP contribution in [0, 0.1) is 12.7 Å². The normalized spacial score (nSPS) is 13.8. The van der Waals surface area contributed by atoms with Crippen LogP contribution >= 0.6 is 0 Å². The lowest BCUT2D eigenvalue weighted by molar-refractivity contribution is 0.0746. The number of amides is 1. The predicted octanol–water partition coefficient (Wildman–Crippen LogP) is 4.05. The van der Waals surface area contributed by atoms with Crippen molar-refractivity contribution in [3.63, 3.8) is 0 Å². The van der Waals surface area contributed by atoms with Crippen LogP contribution in [0.3, 0.4) is 0 Å². The SMILES string of the molecule is CCc1nc(C)nc(N2CCN(C(=O)c3ccc(OC)cc3)CC2)c1Cc1cccc(F)c1. The molecule has 1 saturated heterocycles. The Morgan fingerprint density at radius 1 is 1.06 bits per heavy atom. The van der Waals surface area contributed by atoms with E-state index < -0.39 is 0 Å². The number of nitrogens with zero attached hydrogens (tertiary/aromatic N) is 4. The summed E-state index contributed by atoms with van der Waals surface area (Å²) in [6.45, 7) is 6.54. The largest absolute Gasteiger partial charge is 0.497 e. The second kappa shape index (κ2) is 9.98. The fraction of sp³-hybridized carbons (Fsp3) is 0.346. The maximum Gasteiger partial charge on any atom is 0.253 e. The highest BCUT2D eigenvalue weighted by atomic mass is 19.1.